The molecule has 0 aliphatic heterocycles. The van der Waals surface area contributed by atoms with Gasteiger partial charge in [-0.15, -0.1) is 0 Å². The van der Waals surface area contributed by atoms with Gasteiger partial charge in [-0.25, -0.2) is 8.42 Å². The molecule has 0 spiro atoms. The molecule has 0 unspecified atom stereocenters. The maximum absolute atomic E-state index is 14.4. The average Bonchev–Trinajstić information content (AvgIpc) is 3.05. The number of benzene rings is 4. The molecule has 0 bridgehead atoms. The maximum atomic E-state index is 14.4. The van der Waals surface area contributed by atoms with Gasteiger partial charge in [0.25, 0.3) is 10.0 Å². The molecule has 230 valence electrons. The van der Waals surface area contributed by atoms with Gasteiger partial charge >= 0.3 is 0 Å². The van der Waals surface area contributed by atoms with Crippen molar-refractivity contribution in [3.05, 3.63) is 125 Å². The number of nitrogens with one attached hydrogen (secondary N) is 1. The number of ether oxygens (including phenoxy) is 1. The van der Waals surface area contributed by atoms with Crippen molar-refractivity contribution in [1.29, 1.82) is 0 Å². The summed E-state index contributed by atoms with van der Waals surface area (Å²) in [4.78, 5) is 29.6. The lowest BCUT2D eigenvalue weighted by atomic mass is 10.0. The van der Waals surface area contributed by atoms with Crippen LogP contribution in [-0.4, -0.2) is 51.4 Å². The summed E-state index contributed by atoms with van der Waals surface area (Å²) in [6.45, 7) is 1.88. The Morgan fingerprint density at radius 1 is 0.864 bits per heavy atom. The number of carbonyl (C=O) groups is 2. The fourth-order valence-corrected chi connectivity index (χ4v) is 6.40. The third-order valence-electron chi connectivity index (χ3n) is 7.03. The zero-order chi connectivity index (χ0) is 31.5. The van der Waals surface area contributed by atoms with Crippen molar-refractivity contribution in [2.24, 2.45) is 0 Å². The number of rotatable bonds is 14. The van der Waals surface area contributed by atoms with E-state index in [-0.39, 0.29) is 29.5 Å². The largest absolute Gasteiger partial charge is 0.497 e. The van der Waals surface area contributed by atoms with Gasteiger partial charge in [0.2, 0.25) is 11.8 Å². The molecule has 0 heterocycles. The standard InChI is InChI=1S/C34H36ClN3O5S/c1-3-21-36-34(40)32(23-26-11-6-4-7-12-26)37(24-27-13-10-14-28(35)22-27)33(39)25-38(29-17-19-30(43-2)20-18-29)44(41,42)31-15-8-5-9-16-31/h4-20,22,32H,3,21,23-25H2,1-2H3,(H,36,40)/t32-/m1/s1. The fourth-order valence-electron chi connectivity index (χ4n) is 4.75. The van der Waals surface area contributed by atoms with E-state index in [0.717, 1.165) is 9.87 Å². The molecule has 0 aromatic heterocycles. The minimum atomic E-state index is -4.18. The molecule has 4 aromatic rings. The topological polar surface area (TPSA) is 96.0 Å². The highest BCUT2D eigenvalue weighted by Gasteiger charge is 2.34. The highest BCUT2D eigenvalue weighted by atomic mass is 35.5. The monoisotopic (exact) mass is 633 g/mol. The van der Waals surface area contributed by atoms with Gasteiger partial charge < -0.3 is 15.0 Å². The summed E-state index contributed by atoms with van der Waals surface area (Å²) in [5, 5.41) is 3.42. The number of nitrogens with zero attached hydrogens (tertiary/aromatic N) is 2. The summed E-state index contributed by atoms with van der Waals surface area (Å²) in [5.74, 6) is -0.337. The zero-order valence-electron chi connectivity index (χ0n) is 24.7. The van der Waals surface area contributed by atoms with Crippen LogP contribution in [0, 0.1) is 0 Å². The third kappa shape index (κ3) is 8.39. The highest BCUT2D eigenvalue weighted by Crippen LogP contribution is 2.27. The Bertz CT molecular complexity index is 1630. The second kappa shape index (κ2) is 15.4. The summed E-state index contributed by atoms with van der Waals surface area (Å²) >= 11 is 6.28. The van der Waals surface area contributed by atoms with Gasteiger partial charge in [-0.3, -0.25) is 13.9 Å². The van der Waals surface area contributed by atoms with Gasteiger partial charge in [-0.1, -0.05) is 79.2 Å². The molecule has 0 aliphatic carbocycles. The lowest BCUT2D eigenvalue weighted by molar-refractivity contribution is -0.140. The third-order valence-corrected chi connectivity index (χ3v) is 9.06. The summed E-state index contributed by atoms with van der Waals surface area (Å²) in [5.41, 5.74) is 1.84. The first kappa shape index (κ1) is 32.6. The Balaban J connectivity index is 1.79. The molecule has 4 aromatic carbocycles. The number of hydrogen-bond acceptors (Lipinski definition) is 5. The lowest BCUT2D eigenvalue weighted by Gasteiger charge is -2.34. The number of methoxy groups -OCH3 is 1. The van der Waals surface area contributed by atoms with Gasteiger partial charge in [-0.05, 0) is 66.1 Å². The van der Waals surface area contributed by atoms with Gasteiger partial charge in [0.05, 0.1) is 17.7 Å². The second-order valence-electron chi connectivity index (χ2n) is 10.2. The van der Waals surface area contributed by atoms with Crippen molar-refractivity contribution < 1.29 is 22.7 Å². The number of halogens is 1. The SMILES string of the molecule is CCCNC(=O)[C@@H](Cc1ccccc1)N(Cc1cccc(Cl)c1)C(=O)CN(c1ccc(OC)cc1)S(=O)(=O)c1ccccc1. The predicted octanol–water partition coefficient (Wildman–Crippen LogP) is 5.71. The van der Waals surface area contributed by atoms with Crippen LogP contribution in [0.25, 0.3) is 0 Å². The Morgan fingerprint density at radius 2 is 1.50 bits per heavy atom. The molecule has 0 saturated heterocycles. The Morgan fingerprint density at radius 3 is 2.11 bits per heavy atom. The normalized spacial score (nSPS) is 11.8. The zero-order valence-corrected chi connectivity index (χ0v) is 26.3. The van der Waals surface area contributed by atoms with Gasteiger partial charge in [0.1, 0.15) is 18.3 Å². The summed E-state index contributed by atoms with van der Waals surface area (Å²) in [7, 11) is -2.66. The first-order valence-corrected chi connectivity index (χ1v) is 16.1. The van der Waals surface area contributed by atoms with Crippen molar-refractivity contribution in [1.82, 2.24) is 10.2 Å². The van der Waals surface area contributed by atoms with Crippen molar-refractivity contribution in [2.75, 3.05) is 24.5 Å². The van der Waals surface area contributed by atoms with E-state index in [9.17, 15) is 18.0 Å². The molecular formula is C34H36ClN3O5S. The summed E-state index contributed by atoms with van der Waals surface area (Å²) < 4.78 is 34.4. The molecule has 10 heteroatoms. The molecule has 1 N–H and O–H groups in total. The lowest BCUT2D eigenvalue weighted by Crippen LogP contribution is -2.53. The number of hydrogen-bond donors (Lipinski definition) is 1. The minimum absolute atomic E-state index is 0.0338. The van der Waals surface area contributed by atoms with Crippen LogP contribution < -0.4 is 14.4 Å². The average molecular weight is 634 g/mol. The predicted molar refractivity (Wildman–Crippen MR) is 173 cm³/mol. The fraction of sp³-hybridized carbons (Fsp3) is 0.235. The Kier molecular flexibility index (Phi) is 11.4. The van der Waals surface area contributed by atoms with Crippen molar-refractivity contribution in [3.63, 3.8) is 0 Å². The second-order valence-corrected chi connectivity index (χ2v) is 12.5. The van der Waals surface area contributed by atoms with Crippen LogP contribution in [0.15, 0.2) is 114 Å². The molecule has 8 nitrogen and oxygen atoms in total. The van der Waals surface area contributed by atoms with Gasteiger partial charge in [0.15, 0.2) is 0 Å². The van der Waals surface area contributed by atoms with E-state index in [0.29, 0.717) is 29.3 Å². The van der Waals surface area contributed by atoms with Gasteiger partial charge in [-0.2, -0.15) is 0 Å². The minimum Gasteiger partial charge on any atom is -0.497 e. The smallest absolute Gasteiger partial charge is 0.264 e. The van der Waals surface area contributed by atoms with Gasteiger partial charge in [0, 0.05) is 24.5 Å². The molecule has 0 radical (unpaired) electrons. The van der Waals surface area contributed by atoms with E-state index >= 15 is 0 Å². The van der Waals surface area contributed by atoms with E-state index < -0.39 is 28.5 Å². The van der Waals surface area contributed by atoms with E-state index in [4.69, 9.17) is 16.3 Å². The molecule has 4 rings (SSSR count). The number of carbonyl (C=O) groups excluding carboxylic acids is 2. The van der Waals surface area contributed by atoms with Crippen LogP contribution in [0.3, 0.4) is 0 Å². The number of sulfonamides is 1. The quantitative estimate of drug-likeness (QED) is 0.192. The molecule has 44 heavy (non-hydrogen) atoms. The van der Waals surface area contributed by atoms with Crippen LogP contribution in [0.2, 0.25) is 5.02 Å². The van der Waals surface area contributed by atoms with Crippen LogP contribution in [0.1, 0.15) is 24.5 Å². The van der Waals surface area contributed by atoms with Crippen LogP contribution in [0.5, 0.6) is 5.75 Å². The first-order chi connectivity index (χ1) is 21.2. The number of anilines is 1. The molecule has 0 saturated carbocycles. The van der Waals surface area contributed by atoms with Crippen molar-refractivity contribution in [3.8, 4) is 5.75 Å². The Labute approximate surface area is 264 Å². The van der Waals surface area contributed by atoms with E-state index in [1.807, 2.05) is 43.3 Å². The van der Waals surface area contributed by atoms with E-state index in [1.165, 1.54) is 24.1 Å². The van der Waals surface area contributed by atoms with Crippen molar-refractivity contribution >= 4 is 39.1 Å². The molecule has 0 aliphatic rings. The van der Waals surface area contributed by atoms with Crippen LogP contribution >= 0.6 is 11.6 Å². The highest BCUT2D eigenvalue weighted by molar-refractivity contribution is 7.92. The first-order valence-electron chi connectivity index (χ1n) is 14.3. The molecule has 2 amide bonds. The van der Waals surface area contributed by atoms with Crippen molar-refractivity contribution in [2.45, 2.75) is 37.2 Å². The molecule has 1 atom stereocenters. The molecule has 0 fully saturated rings. The van der Waals surface area contributed by atoms with E-state index in [2.05, 4.69) is 5.32 Å². The van der Waals surface area contributed by atoms with Crippen LogP contribution in [0.4, 0.5) is 5.69 Å². The Hall–Kier alpha value is -4.34. The van der Waals surface area contributed by atoms with E-state index in [1.54, 1.807) is 60.7 Å². The molecular weight excluding hydrogens is 598 g/mol. The summed E-state index contributed by atoms with van der Waals surface area (Å²) in [6, 6.07) is 29.9. The maximum Gasteiger partial charge on any atom is 0.264 e. The number of amides is 2. The summed E-state index contributed by atoms with van der Waals surface area (Å²) in [6.07, 6.45) is 0.948. The van der Waals surface area contributed by atoms with Crippen LogP contribution in [-0.2, 0) is 32.6 Å².